The molecule has 0 saturated carbocycles. The number of nitriles is 1. The maximum atomic E-state index is 8.51. The number of aryl methyl sites for hydroxylation is 2. The molecule has 13 heavy (non-hydrogen) atoms. The van der Waals surface area contributed by atoms with E-state index in [0.717, 1.165) is 11.5 Å². The van der Waals surface area contributed by atoms with Gasteiger partial charge in [0.05, 0.1) is 24.3 Å². The van der Waals surface area contributed by atoms with Gasteiger partial charge in [-0.25, -0.2) is 4.98 Å². The molecule has 1 unspecified atom stereocenters. The van der Waals surface area contributed by atoms with Crippen LogP contribution in [0.25, 0.3) is 0 Å². The monoisotopic (exact) mass is 179 g/mol. The van der Waals surface area contributed by atoms with Crippen molar-refractivity contribution in [2.45, 2.75) is 33.4 Å². The molecule has 0 fully saturated rings. The number of hydrogen-bond acceptors (Lipinski definition) is 4. The van der Waals surface area contributed by atoms with Crippen molar-refractivity contribution in [3.05, 3.63) is 17.3 Å². The molecule has 0 aliphatic rings. The zero-order valence-corrected chi connectivity index (χ0v) is 8.09. The van der Waals surface area contributed by atoms with Crippen LogP contribution in [0.3, 0.4) is 0 Å². The summed E-state index contributed by atoms with van der Waals surface area (Å²) in [4.78, 5) is 4.18. The van der Waals surface area contributed by atoms with Gasteiger partial charge in [0.25, 0.3) is 0 Å². The van der Waals surface area contributed by atoms with Crippen LogP contribution in [0.4, 0.5) is 0 Å². The predicted octanol–water partition coefficient (Wildman–Crippen LogP) is 1.29. The first-order valence-corrected chi connectivity index (χ1v) is 4.19. The van der Waals surface area contributed by atoms with E-state index in [1.165, 1.54) is 0 Å². The maximum absolute atomic E-state index is 8.51. The molecular formula is C9H13N3O. The molecule has 0 aliphatic carbocycles. The van der Waals surface area contributed by atoms with Crippen LogP contribution in [0.5, 0.6) is 0 Å². The van der Waals surface area contributed by atoms with E-state index in [1.807, 2.05) is 13.8 Å². The van der Waals surface area contributed by atoms with Crippen molar-refractivity contribution in [3.8, 4) is 6.07 Å². The first-order valence-electron chi connectivity index (χ1n) is 4.19. The highest BCUT2D eigenvalue weighted by Crippen LogP contribution is 2.07. The van der Waals surface area contributed by atoms with Crippen LogP contribution >= 0.6 is 0 Å². The largest absolute Gasteiger partial charge is 0.444 e. The van der Waals surface area contributed by atoms with Crippen LogP contribution in [0.2, 0.25) is 0 Å². The molecule has 4 heteroatoms. The Hall–Kier alpha value is -1.34. The molecule has 0 aliphatic heterocycles. The smallest absolute Gasteiger partial charge is 0.208 e. The average molecular weight is 179 g/mol. The molecule has 0 bridgehead atoms. The van der Waals surface area contributed by atoms with Crippen molar-refractivity contribution in [3.63, 3.8) is 0 Å². The van der Waals surface area contributed by atoms with E-state index in [1.54, 1.807) is 6.92 Å². The lowest BCUT2D eigenvalue weighted by molar-refractivity contribution is 0.443. The third-order valence-corrected chi connectivity index (χ3v) is 1.83. The molecule has 1 aromatic rings. The standard InChI is InChI=1S/C9H13N3O/c1-6(4-10)11-5-9-12-7(2)8(3)13-9/h6,11H,5H2,1-3H3. The summed E-state index contributed by atoms with van der Waals surface area (Å²) >= 11 is 0. The summed E-state index contributed by atoms with van der Waals surface area (Å²) < 4.78 is 5.33. The molecule has 70 valence electrons. The number of nitrogens with one attached hydrogen (secondary N) is 1. The number of hydrogen-bond donors (Lipinski definition) is 1. The second-order valence-corrected chi connectivity index (χ2v) is 2.98. The Balaban J connectivity index is 2.51. The van der Waals surface area contributed by atoms with Crippen molar-refractivity contribution in [2.24, 2.45) is 0 Å². The van der Waals surface area contributed by atoms with Crippen LogP contribution in [-0.2, 0) is 6.54 Å². The first-order chi connectivity index (χ1) is 6.13. The summed E-state index contributed by atoms with van der Waals surface area (Å²) in [5.41, 5.74) is 0.904. The molecule has 4 nitrogen and oxygen atoms in total. The Morgan fingerprint density at radius 2 is 2.31 bits per heavy atom. The number of aromatic nitrogens is 1. The first kappa shape index (κ1) is 9.75. The minimum atomic E-state index is -0.174. The Labute approximate surface area is 77.6 Å². The molecule has 0 aromatic carbocycles. The van der Waals surface area contributed by atoms with E-state index in [2.05, 4.69) is 16.4 Å². The summed E-state index contributed by atoms with van der Waals surface area (Å²) in [7, 11) is 0. The highest BCUT2D eigenvalue weighted by atomic mass is 16.4. The fraction of sp³-hybridized carbons (Fsp3) is 0.556. The normalized spacial score (nSPS) is 12.5. The zero-order chi connectivity index (χ0) is 9.84. The summed E-state index contributed by atoms with van der Waals surface area (Å²) in [6.07, 6.45) is 0. The van der Waals surface area contributed by atoms with Gasteiger partial charge in [-0.2, -0.15) is 5.26 Å². The zero-order valence-electron chi connectivity index (χ0n) is 8.09. The number of oxazole rings is 1. The van der Waals surface area contributed by atoms with Gasteiger partial charge < -0.3 is 4.42 Å². The van der Waals surface area contributed by atoms with Gasteiger partial charge in [-0.1, -0.05) is 0 Å². The van der Waals surface area contributed by atoms with Gasteiger partial charge in [0, 0.05) is 0 Å². The lowest BCUT2D eigenvalue weighted by Crippen LogP contribution is -2.23. The highest BCUT2D eigenvalue weighted by Gasteiger charge is 2.06. The molecule has 1 N–H and O–H groups in total. The molecule has 1 rings (SSSR count). The van der Waals surface area contributed by atoms with Crippen molar-refractivity contribution in [2.75, 3.05) is 0 Å². The molecule has 1 aromatic heterocycles. The van der Waals surface area contributed by atoms with Crippen LogP contribution in [0.15, 0.2) is 4.42 Å². The van der Waals surface area contributed by atoms with Gasteiger partial charge in [-0.3, -0.25) is 5.32 Å². The molecule has 0 radical (unpaired) electrons. The molecule has 0 amide bonds. The molecule has 1 heterocycles. The fourth-order valence-electron chi connectivity index (χ4n) is 0.901. The van der Waals surface area contributed by atoms with Crippen molar-refractivity contribution in [1.82, 2.24) is 10.3 Å². The lowest BCUT2D eigenvalue weighted by Gasteiger charge is -2.01. The molecule has 1 atom stereocenters. The second-order valence-electron chi connectivity index (χ2n) is 2.98. The SMILES string of the molecule is Cc1nc(CNC(C)C#N)oc1C. The minimum absolute atomic E-state index is 0.174. The van der Waals surface area contributed by atoms with Crippen molar-refractivity contribution >= 4 is 0 Å². The van der Waals surface area contributed by atoms with Gasteiger partial charge in [-0.05, 0) is 20.8 Å². The Kier molecular flexibility index (Phi) is 3.04. The van der Waals surface area contributed by atoms with E-state index in [0.29, 0.717) is 12.4 Å². The summed E-state index contributed by atoms with van der Waals surface area (Å²) in [6, 6.07) is 1.90. The average Bonchev–Trinajstić information content (AvgIpc) is 2.42. The van der Waals surface area contributed by atoms with Crippen LogP contribution in [0.1, 0.15) is 24.3 Å². The quantitative estimate of drug-likeness (QED) is 0.759. The summed E-state index contributed by atoms with van der Waals surface area (Å²) in [5.74, 6) is 1.47. The third-order valence-electron chi connectivity index (χ3n) is 1.83. The Morgan fingerprint density at radius 1 is 1.62 bits per heavy atom. The van der Waals surface area contributed by atoms with E-state index in [-0.39, 0.29) is 6.04 Å². The number of nitrogens with zero attached hydrogens (tertiary/aromatic N) is 2. The van der Waals surface area contributed by atoms with Gasteiger partial charge in [0.2, 0.25) is 5.89 Å². The minimum Gasteiger partial charge on any atom is -0.444 e. The lowest BCUT2D eigenvalue weighted by atomic mass is 10.4. The van der Waals surface area contributed by atoms with Gasteiger partial charge in [-0.15, -0.1) is 0 Å². The topological polar surface area (TPSA) is 61.9 Å². The van der Waals surface area contributed by atoms with Crippen molar-refractivity contribution in [1.29, 1.82) is 5.26 Å². The maximum Gasteiger partial charge on any atom is 0.208 e. The van der Waals surface area contributed by atoms with Gasteiger partial charge in [0.15, 0.2) is 0 Å². The number of rotatable bonds is 3. The van der Waals surface area contributed by atoms with Crippen molar-refractivity contribution < 1.29 is 4.42 Å². The highest BCUT2D eigenvalue weighted by molar-refractivity contribution is 5.05. The summed E-state index contributed by atoms with van der Waals surface area (Å²) in [6.45, 7) is 6.07. The van der Waals surface area contributed by atoms with Gasteiger partial charge in [0.1, 0.15) is 5.76 Å². The van der Waals surface area contributed by atoms with E-state index >= 15 is 0 Å². The summed E-state index contributed by atoms with van der Waals surface area (Å²) in [5, 5.41) is 11.5. The van der Waals surface area contributed by atoms with Gasteiger partial charge >= 0.3 is 0 Å². The predicted molar refractivity (Wildman–Crippen MR) is 47.9 cm³/mol. The van der Waals surface area contributed by atoms with E-state index < -0.39 is 0 Å². The Morgan fingerprint density at radius 3 is 2.77 bits per heavy atom. The Bertz CT molecular complexity index is 305. The second kappa shape index (κ2) is 4.06. The van der Waals surface area contributed by atoms with Crippen LogP contribution in [0, 0.1) is 25.2 Å². The third kappa shape index (κ3) is 2.56. The van der Waals surface area contributed by atoms with E-state index in [4.69, 9.17) is 9.68 Å². The molecule has 0 saturated heterocycles. The molecule has 0 spiro atoms. The van der Waals surface area contributed by atoms with Crippen LogP contribution in [-0.4, -0.2) is 11.0 Å². The van der Waals surface area contributed by atoms with Crippen LogP contribution < -0.4 is 5.32 Å². The van der Waals surface area contributed by atoms with E-state index in [9.17, 15) is 0 Å². The fourth-order valence-corrected chi connectivity index (χ4v) is 0.901. The molecular weight excluding hydrogens is 166 g/mol.